The van der Waals surface area contributed by atoms with Crippen molar-refractivity contribution in [1.82, 2.24) is 4.98 Å². The van der Waals surface area contributed by atoms with E-state index in [1.165, 1.54) is 6.20 Å². The molecule has 5 aromatic rings. The second-order valence-corrected chi connectivity index (χ2v) is 10.6. The number of aromatic nitrogens is 1. The zero-order valence-electron chi connectivity index (χ0n) is 25.2. The van der Waals surface area contributed by atoms with Crippen molar-refractivity contribution in [2.45, 2.75) is 26.2 Å². The predicted octanol–water partition coefficient (Wildman–Crippen LogP) is 6.36. The van der Waals surface area contributed by atoms with Crippen LogP contribution in [0.25, 0.3) is 10.9 Å². The molecule has 1 heterocycles. The van der Waals surface area contributed by atoms with E-state index in [1.54, 1.807) is 13.2 Å². The van der Waals surface area contributed by atoms with Gasteiger partial charge in [-0.3, -0.25) is 14.6 Å². The van der Waals surface area contributed by atoms with Crippen molar-refractivity contribution in [3.8, 4) is 17.6 Å². The van der Waals surface area contributed by atoms with Gasteiger partial charge in [-0.15, -0.1) is 0 Å². The topological polar surface area (TPSA) is 127 Å². The Hall–Kier alpha value is -5.65. The highest BCUT2D eigenvalue weighted by Gasteiger charge is 2.17. The molecule has 0 unspecified atom stereocenters. The number of pyridine rings is 1. The number of hydrogen-bond donors (Lipinski definition) is 4. The first-order valence-corrected chi connectivity index (χ1v) is 14.6. The molecular weight excluding hydrogens is 564 g/mol. The first kappa shape index (κ1) is 30.8. The molecule has 0 saturated heterocycles. The molecule has 0 fully saturated rings. The lowest BCUT2D eigenvalue weighted by atomic mass is 9.97. The van der Waals surface area contributed by atoms with E-state index >= 15 is 0 Å². The minimum atomic E-state index is -0.587. The van der Waals surface area contributed by atoms with Crippen LogP contribution in [0, 0.1) is 18.8 Å². The number of nitrogens with zero attached hydrogens (tertiary/aromatic N) is 1. The van der Waals surface area contributed by atoms with Crippen molar-refractivity contribution < 1.29 is 19.4 Å². The molecule has 1 aromatic heterocycles. The summed E-state index contributed by atoms with van der Waals surface area (Å²) in [5, 5.41) is 16.0. The van der Waals surface area contributed by atoms with E-state index in [9.17, 15) is 9.59 Å². The van der Waals surface area contributed by atoms with Gasteiger partial charge in [-0.1, -0.05) is 42.2 Å². The second kappa shape index (κ2) is 14.2. The van der Waals surface area contributed by atoms with Crippen LogP contribution in [0.15, 0.2) is 91.1 Å². The number of ether oxygens (including phenoxy) is 1. The Bertz CT molecular complexity index is 1940. The molecule has 4 aromatic carbocycles. The van der Waals surface area contributed by atoms with Gasteiger partial charge in [0, 0.05) is 53.2 Å². The van der Waals surface area contributed by atoms with Gasteiger partial charge in [0.1, 0.15) is 5.75 Å². The van der Waals surface area contributed by atoms with E-state index in [1.807, 2.05) is 79.7 Å². The third kappa shape index (κ3) is 7.66. The van der Waals surface area contributed by atoms with E-state index in [0.29, 0.717) is 42.0 Å². The summed E-state index contributed by atoms with van der Waals surface area (Å²) in [6.45, 7) is 2.09. The average Bonchev–Trinajstić information content (AvgIpc) is 3.04. The highest BCUT2D eigenvalue weighted by atomic mass is 16.5. The molecule has 0 atom stereocenters. The number of benzene rings is 4. The summed E-state index contributed by atoms with van der Waals surface area (Å²) in [5.41, 5.74) is 13.0. The number of methoxy groups -OCH3 is 1. The maximum atomic E-state index is 13.2. The Morgan fingerprint density at radius 1 is 0.956 bits per heavy atom. The number of unbranched alkanes of at least 4 members (excludes halogenated alkanes) is 1. The van der Waals surface area contributed by atoms with E-state index in [-0.39, 0.29) is 18.1 Å². The molecule has 0 aliphatic rings. The number of fused-ring (bicyclic) bond motifs is 1. The van der Waals surface area contributed by atoms with Crippen LogP contribution in [-0.4, -0.2) is 35.6 Å². The third-order valence-corrected chi connectivity index (χ3v) is 7.24. The molecule has 0 saturated carbocycles. The number of rotatable bonds is 10. The normalized spacial score (nSPS) is 10.6. The van der Waals surface area contributed by atoms with E-state index in [4.69, 9.17) is 15.6 Å². The van der Waals surface area contributed by atoms with Crippen molar-refractivity contribution in [3.63, 3.8) is 0 Å². The van der Waals surface area contributed by atoms with Gasteiger partial charge < -0.3 is 26.2 Å². The van der Waals surface area contributed by atoms with Crippen LogP contribution in [0.4, 0.5) is 17.1 Å². The van der Waals surface area contributed by atoms with Crippen molar-refractivity contribution in [3.05, 3.63) is 125 Å². The van der Waals surface area contributed by atoms with Crippen LogP contribution in [0.5, 0.6) is 5.75 Å². The number of primary amides is 1. The monoisotopic (exact) mass is 598 g/mol. The minimum absolute atomic E-state index is 0.111. The van der Waals surface area contributed by atoms with Crippen molar-refractivity contribution in [2.24, 2.45) is 5.73 Å². The highest BCUT2D eigenvalue weighted by Crippen LogP contribution is 2.33. The molecule has 0 spiro atoms. The van der Waals surface area contributed by atoms with Crippen LogP contribution in [0.1, 0.15) is 55.8 Å². The molecule has 5 rings (SSSR count). The summed E-state index contributed by atoms with van der Waals surface area (Å²) in [7, 11) is 1.60. The van der Waals surface area contributed by atoms with Gasteiger partial charge in [-0.25, -0.2) is 0 Å². The molecule has 0 bridgehead atoms. The summed E-state index contributed by atoms with van der Waals surface area (Å²) >= 11 is 0. The molecule has 45 heavy (non-hydrogen) atoms. The zero-order valence-corrected chi connectivity index (χ0v) is 25.2. The van der Waals surface area contributed by atoms with E-state index < -0.39 is 5.91 Å². The number of aryl methyl sites for hydroxylation is 1. The Morgan fingerprint density at radius 2 is 1.76 bits per heavy atom. The number of amides is 2. The quantitative estimate of drug-likeness (QED) is 0.109. The third-order valence-electron chi connectivity index (χ3n) is 7.24. The molecule has 8 heteroatoms. The highest BCUT2D eigenvalue weighted by molar-refractivity contribution is 6.08. The van der Waals surface area contributed by atoms with Crippen LogP contribution >= 0.6 is 0 Å². The number of carbonyl (C=O) groups excluding carboxylic acids is 2. The summed E-state index contributed by atoms with van der Waals surface area (Å²) < 4.78 is 5.36. The lowest BCUT2D eigenvalue weighted by Gasteiger charge is -2.16. The smallest absolute Gasteiger partial charge is 0.255 e. The maximum absolute atomic E-state index is 13.2. The number of aliphatic hydroxyl groups excluding tert-OH is 1. The fourth-order valence-electron chi connectivity index (χ4n) is 5.09. The first-order chi connectivity index (χ1) is 21.8. The van der Waals surface area contributed by atoms with Gasteiger partial charge in [0.15, 0.2) is 0 Å². The average molecular weight is 599 g/mol. The lowest BCUT2D eigenvalue weighted by molar-refractivity contribution is 0.0998. The number of aliphatic hydroxyl groups is 1. The fraction of sp³-hybridized carbons (Fsp3) is 0.162. The summed E-state index contributed by atoms with van der Waals surface area (Å²) in [5.74, 6) is 5.96. The molecule has 2 amide bonds. The molecule has 8 nitrogen and oxygen atoms in total. The Kier molecular flexibility index (Phi) is 9.73. The van der Waals surface area contributed by atoms with Crippen LogP contribution < -0.4 is 21.1 Å². The van der Waals surface area contributed by atoms with Gasteiger partial charge in [0.05, 0.1) is 23.9 Å². The summed E-state index contributed by atoms with van der Waals surface area (Å²) in [6.07, 6.45) is 3.29. The van der Waals surface area contributed by atoms with Crippen molar-refractivity contribution in [1.29, 1.82) is 0 Å². The number of nitrogens with two attached hydrogens (primary N) is 1. The number of hydrogen-bond acceptors (Lipinski definition) is 6. The van der Waals surface area contributed by atoms with Gasteiger partial charge in [0.25, 0.3) is 11.8 Å². The number of nitrogens with one attached hydrogen (secondary N) is 2. The SMILES string of the molecule is COc1cccc(Nc2c(C(N)=O)cnc3c(C)cc(Cc4cccc(C(=O)Nc5cccc(C#CCCCO)c5)c4)cc23)c1. The molecule has 0 aliphatic heterocycles. The van der Waals surface area contributed by atoms with Crippen LogP contribution in [0.2, 0.25) is 0 Å². The van der Waals surface area contributed by atoms with Gasteiger partial charge in [-0.05, 0) is 85.0 Å². The predicted molar refractivity (Wildman–Crippen MR) is 178 cm³/mol. The van der Waals surface area contributed by atoms with Crippen LogP contribution in [-0.2, 0) is 6.42 Å². The van der Waals surface area contributed by atoms with Crippen LogP contribution in [0.3, 0.4) is 0 Å². The Balaban J connectivity index is 1.41. The van der Waals surface area contributed by atoms with E-state index in [2.05, 4.69) is 33.5 Å². The Morgan fingerprint density at radius 3 is 2.56 bits per heavy atom. The Labute approximate surface area is 262 Å². The van der Waals surface area contributed by atoms with Crippen molar-refractivity contribution >= 4 is 39.8 Å². The fourth-order valence-corrected chi connectivity index (χ4v) is 5.09. The first-order valence-electron chi connectivity index (χ1n) is 14.6. The molecule has 226 valence electrons. The number of anilines is 3. The lowest BCUT2D eigenvalue weighted by Crippen LogP contribution is -2.14. The molecular formula is C37H34N4O4. The van der Waals surface area contributed by atoms with Crippen molar-refractivity contribution in [2.75, 3.05) is 24.4 Å². The molecule has 5 N–H and O–H groups in total. The maximum Gasteiger partial charge on any atom is 0.255 e. The summed E-state index contributed by atoms with van der Waals surface area (Å²) in [4.78, 5) is 30.2. The minimum Gasteiger partial charge on any atom is -0.497 e. The van der Waals surface area contributed by atoms with E-state index in [0.717, 1.165) is 38.8 Å². The standard InChI is InChI=1S/C37H34N4O4/c1-24-17-27(21-32-34(24)39-23-33(36(38)43)35(32)40-30-14-8-15-31(22-30)45-2)18-26-11-6-12-28(19-26)37(44)41-29-13-7-10-25(20-29)9-4-3-5-16-42/h6-8,10-15,17,19-23,42H,3,5,16,18H2,1-2H3,(H2,38,43)(H,39,40)(H,41,44). The zero-order chi connectivity index (χ0) is 31.8. The molecule has 0 aliphatic carbocycles. The second-order valence-electron chi connectivity index (χ2n) is 10.6. The van der Waals surface area contributed by atoms with Gasteiger partial charge in [-0.2, -0.15) is 0 Å². The van der Waals surface area contributed by atoms with Gasteiger partial charge in [0.2, 0.25) is 0 Å². The summed E-state index contributed by atoms with van der Waals surface area (Å²) in [6, 6.07) is 26.4. The van der Waals surface area contributed by atoms with Gasteiger partial charge >= 0.3 is 0 Å². The molecule has 0 radical (unpaired) electrons. The number of carbonyl (C=O) groups is 2. The largest absolute Gasteiger partial charge is 0.497 e.